The van der Waals surface area contributed by atoms with Gasteiger partial charge in [0.1, 0.15) is 0 Å². The van der Waals surface area contributed by atoms with Crippen LogP contribution in [-0.4, -0.2) is 27.9 Å². The Hall–Kier alpha value is -3.33. The van der Waals surface area contributed by atoms with Crippen molar-refractivity contribution in [3.63, 3.8) is 0 Å². The van der Waals surface area contributed by atoms with Crippen LogP contribution in [0.25, 0.3) is 10.2 Å². The standard InChI is InChI=1S/C19H17N3O5S/c1-10(2)27-18(24)12-7-8-14-16(9-12)28-19(20-14)21-17(23)13-5-4-6-15(11(13)3)22(25)26/h4-10H,1-3H3,(H,20,21,23). The van der Waals surface area contributed by atoms with Crippen LogP contribution in [0.5, 0.6) is 0 Å². The molecule has 1 N–H and O–H groups in total. The van der Waals surface area contributed by atoms with Gasteiger partial charge in [-0.05, 0) is 45.0 Å². The van der Waals surface area contributed by atoms with E-state index in [4.69, 9.17) is 4.74 Å². The van der Waals surface area contributed by atoms with Gasteiger partial charge in [-0.25, -0.2) is 9.78 Å². The largest absolute Gasteiger partial charge is 0.459 e. The third kappa shape index (κ3) is 3.99. The van der Waals surface area contributed by atoms with Crippen molar-refractivity contribution in [3.05, 3.63) is 63.2 Å². The van der Waals surface area contributed by atoms with Crippen molar-refractivity contribution < 1.29 is 19.2 Å². The topological polar surface area (TPSA) is 111 Å². The molecule has 0 saturated carbocycles. The molecule has 3 rings (SSSR count). The molecule has 0 bridgehead atoms. The second-order valence-corrected chi connectivity index (χ2v) is 7.35. The number of anilines is 1. The average Bonchev–Trinajstić information content (AvgIpc) is 3.02. The number of benzene rings is 2. The lowest BCUT2D eigenvalue weighted by Gasteiger charge is -2.07. The van der Waals surface area contributed by atoms with E-state index >= 15 is 0 Å². The smallest absolute Gasteiger partial charge is 0.338 e. The summed E-state index contributed by atoms with van der Waals surface area (Å²) in [7, 11) is 0. The van der Waals surface area contributed by atoms with E-state index in [9.17, 15) is 19.7 Å². The van der Waals surface area contributed by atoms with Crippen LogP contribution in [0.15, 0.2) is 36.4 Å². The number of nitrogens with one attached hydrogen (secondary N) is 1. The zero-order valence-electron chi connectivity index (χ0n) is 15.4. The van der Waals surface area contributed by atoms with E-state index < -0.39 is 16.8 Å². The quantitative estimate of drug-likeness (QED) is 0.388. The summed E-state index contributed by atoms with van der Waals surface area (Å²) in [5, 5.41) is 14.1. The third-order valence-electron chi connectivity index (χ3n) is 3.93. The zero-order chi connectivity index (χ0) is 20.4. The number of ether oxygens (including phenoxy) is 1. The van der Waals surface area contributed by atoms with E-state index in [2.05, 4.69) is 10.3 Å². The molecule has 0 unspecified atom stereocenters. The summed E-state index contributed by atoms with van der Waals surface area (Å²) < 4.78 is 5.89. The molecule has 0 saturated heterocycles. The van der Waals surface area contributed by atoms with Crippen LogP contribution < -0.4 is 5.32 Å². The van der Waals surface area contributed by atoms with Gasteiger partial charge in [0.25, 0.3) is 11.6 Å². The van der Waals surface area contributed by atoms with Crippen LogP contribution in [0.3, 0.4) is 0 Å². The van der Waals surface area contributed by atoms with Gasteiger partial charge in [0.2, 0.25) is 0 Å². The van der Waals surface area contributed by atoms with E-state index in [0.29, 0.717) is 20.9 Å². The molecule has 0 spiro atoms. The van der Waals surface area contributed by atoms with Gasteiger partial charge < -0.3 is 4.74 Å². The molecular formula is C19H17N3O5S. The predicted molar refractivity (Wildman–Crippen MR) is 106 cm³/mol. The molecule has 0 atom stereocenters. The highest BCUT2D eigenvalue weighted by atomic mass is 32.1. The number of carbonyl (C=O) groups excluding carboxylic acids is 2. The number of hydrogen-bond acceptors (Lipinski definition) is 7. The molecule has 8 nitrogen and oxygen atoms in total. The Morgan fingerprint density at radius 1 is 1.25 bits per heavy atom. The lowest BCUT2D eigenvalue weighted by atomic mass is 10.1. The van der Waals surface area contributed by atoms with Crippen molar-refractivity contribution in [1.29, 1.82) is 0 Å². The van der Waals surface area contributed by atoms with Crippen LogP contribution in [0.4, 0.5) is 10.8 Å². The number of amides is 1. The van der Waals surface area contributed by atoms with Crippen LogP contribution in [0, 0.1) is 17.0 Å². The van der Waals surface area contributed by atoms with Gasteiger partial charge in [0.05, 0.1) is 26.8 Å². The van der Waals surface area contributed by atoms with Gasteiger partial charge in [-0.2, -0.15) is 0 Å². The number of thiazole rings is 1. The first-order valence-corrected chi connectivity index (χ1v) is 9.25. The molecule has 144 valence electrons. The van der Waals surface area contributed by atoms with Gasteiger partial charge in [0.15, 0.2) is 5.13 Å². The first kappa shape index (κ1) is 19.4. The number of nitrogens with zero attached hydrogens (tertiary/aromatic N) is 2. The van der Waals surface area contributed by atoms with Gasteiger partial charge in [-0.3, -0.25) is 20.2 Å². The summed E-state index contributed by atoms with van der Waals surface area (Å²) >= 11 is 1.20. The molecule has 28 heavy (non-hydrogen) atoms. The van der Waals surface area contributed by atoms with Crippen molar-refractivity contribution in [2.75, 3.05) is 5.32 Å². The minimum absolute atomic E-state index is 0.120. The van der Waals surface area contributed by atoms with E-state index in [-0.39, 0.29) is 22.9 Å². The maximum atomic E-state index is 12.5. The lowest BCUT2D eigenvalue weighted by molar-refractivity contribution is -0.385. The number of esters is 1. The minimum Gasteiger partial charge on any atom is -0.459 e. The Kier molecular flexibility index (Phi) is 5.36. The summed E-state index contributed by atoms with van der Waals surface area (Å²) in [6, 6.07) is 9.28. The van der Waals surface area contributed by atoms with E-state index in [0.717, 1.165) is 0 Å². The maximum absolute atomic E-state index is 12.5. The second-order valence-electron chi connectivity index (χ2n) is 6.32. The Morgan fingerprint density at radius 3 is 2.68 bits per heavy atom. The number of nitro benzene ring substituents is 1. The molecule has 0 aliphatic rings. The fourth-order valence-electron chi connectivity index (χ4n) is 2.62. The predicted octanol–water partition coefficient (Wildman–Crippen LogP) is 4.33. The molecule has 0 aliphatic heterocycles. The Labute approximate surface area is 164 Å². The van der Waals surface area contributed by atoms with Crippen LogP contribution in [0.2, 0.25) is 0 Å². The molecule has 1 amide bonds. The number of fused-ring (bicyclic) bond motifs is 1. The number of hydrogen-bond donors (Lipinski definition) is 1. The lowest BCUT2D eigenvalue weighted by Crippen LogP contribution is -2.13. The Bertz CT molecular complexity index is 1090. The third-order valence-corrected chi connectivity index (χ3v) is 4.87. The highest BCUT2D eigenvalue weighted by molar-refractivity contribution is 7.22. The molecule has 2 aromatic carbocycles. The van der Waals surface area contributed by atoms with Gasteiger partial charge in [-0.15, -0.1) is 0 Å². The van der Waals surface area contributed by atoms with Gasteiger partial charge in [0, 0.05) is 17.2 Å². The average molecular weight is 399 g/mol. The summed E-state index contributed by atoms with van der Waals surface area (Å²) in [6.07, 6.45) is -0.224. The first-order valence-electron chi connectivity index (χ1n) is 8.43. The summed E-state index contributed by atoms with van der Waals surface area (Å²) in [5.41, 5.74) is 1.39. The van der Waals surface area contributed by atoms with Crippen molar-refractivity contribution in [2.24, 2.45) is 0 Å². The molecule has 0 aliphatic carbocycles. The fraction of sp³-hybridized carbons (Fsp3) is 0.211. The fourth-order valence-corrected chi connectivity index (χ4v) is 3.52. The minimum atomic E-state index is -0.526. The summed E-state index contributed by atoms with van der Waals surface area (Å²) in [5.74, 6) is -0.914. The molecule has 0 fully saturated rings. The van der Waals surface area contributed by atoms with Crippen LogP contribution >= 0.6 is 11.3 Å². The number of aromatic nitrogens is 1. The van der Waals surface area contributed by atoms with Crippen LogP contribution in [0.1, 0.15) is 40.1 Å². The number of nitro groups is 1. The highest BCUT2D eigenvalue weighted by Gasteiger charge is 2.19. The Balaban J connectivity index is 1.85. The number of rotatable bonds is 5. The maximum Gasteiger partial charge on any atom is 0.338 e. The first-order chi connectivity index (χ1) is 13.3. The van der Waals surface area contributed by atoms with Gasteiger partial charge >= 0.3 is 5.97 Å². The highest BCUT2D eigenvalue weighted by Crippen LogP contribution is 2.28. The molecule has 0 radical (unpaired) electrons. The van der Waals surface area contributed by atoms with Crippen molar-refractivity contribution >= 4 is 44.2 Å². The van der Waals surface area contributed by atoms with Crippen LogP contribution in [-0.2, 0) is 4.74 Å². The molecule has 9 heteroatoms. The monoisotopic (exact) mass is 399 g/mol. The molecule has 1 aromatic heterocycles. The zero-order valence-corrected chi connectivity index (χ0v) is 16.2. The van der Waals surface area contributed by atoms with E-state index in [1.165, 1.54) is 36.5 Å². The van der Waals surface area contributed by atoms with E-state index in [1.807, 2.05) is 0 Å². The summed E-state index contributed by atoms with van der Waals surface area (Å²) in [4.78, 5) is 39.4. The molecule has 3 aromatic rings. The molecular weight excluding hydrogens is 382 g/mol. The SMILES string of the molecule is Cc1c(C(=O)Nc2nc3ccc(C(=O)OC(C)C)cc3s2)cccc1[N+](=O)[O-]. The Morgan fingerprint density at radius 2 is 2.00 bits per heavy atom. The number of carbonyl (C=O) groups is 2. The van der Waals surface area contributed by atoms with Crippen molar-refractivity contribution in [1.82, 2.24) is 4.98 Å². The second kappa shape index (κ2) is 7.73. The normalized spacial score (nSPS) is 10.9. The molecule has 1 heterocycles. The van der Waals surface area contributed by atoms with Gasteiger partial charge in [-0.1, -0.05) is 17.4 Å². The summed E-state index contributed by atoms with van der Waals surface area (Å²) in [6.45, 7) is 5.07. The van der Waals surface area contributed by atoms with Crippen molar-refractivity contribution in [2.45, 2.75) is 26.9 Å². The van der Waals surface area contributed by atoms with Crippen molar-refractivity contribution in [3.8, 4) is 0 Å². The van der Waals surface area contributed by atoms with E-state index in [1.54, 1.807) is 32.0 Å².